The number of nitrogens with one attached hydrogen (secondary N) is 10. The minimum absolute atomic E-state index is 0.0410. The predicted octanol–water partition coefficient (Wildman–Crippen LogP) is -5.36. The molecule has 0 saturated carbocycles. The number of imidazole rings is 2. The smallest absolute Gasteiger partial charge is 0.326 e. The van der Waals surface area contributed by atoms with Gasteiger partial charge in [-0.25, -0.2) is 14.8 Å². The number of aromatic nitrogens is 4. The van der Waals surface area contributed by atoms with Crippen molar-refractivity contribution in [3.8, 4) is 0 Å². The molecule has 36 nitrogen and oxygen atoms in total. The lowest BCUT2D eigenvalue weighted by molar-refractivity contribution is -0.146. The summed E-state index contributed by atoms with van der Waals surface area (Å²) in [5.41, 5.74) is 18.3. The van der Waals surface area contributed by atoms with Crippen LogP contribution >= 0.6 is 0 Å². The summed E-state index contributed by atoms with van der Waals surface area (Å²) < 4.78 is 0. The second-order valence-electron chi connectivity index (χ2n) is 23.5. The van der Waals surface area contributed by atoms with Crippen LogP contribution in [0.1, 0.15) is 108 Å². The molecule has 13 atom stereocenters. The van der Waals surface area contributed by atoms with Crippen LogP contribution in [0.3, 0.4) is 0 Å². The van der Waals surface area contributed by atoms with Crippen LogP contribution < -0.4 is 59.7 Å². The van der Waals surface area contributed by atoms with E-state index in [9.17, 15) is 77.6 Å². The number of hydrogen-bond acceptors (Lipinski definition) is 19. The van der Waals surface area contributed by atoms with Gasteiger partial charge in [0.2, 0.25) is 59.1 Å². The van der Waals surface area contributed by atoms with E-state index >= 15 is 0 Å². The average molecular weight is 1350 g/mol. The largest absolute Gasteiger partial charge is 0.481 e. The van der Waals surface area contributed by atoms with E-state index in [4.69, 9.17) is 27.4 Å². The van der Waals surface area contributed by atoms with E-state index in [0.29, 0.717) is 17.7 Å². The molecule has 96 heavy (non-hydrogen) atoms. The van der Waals surface area contributed by atoms with Gasteiger partial charge in [0.05, 0.1) is 31.4 Å². The fourth-order valence-corrected chi connectivity index (χ4v) is 10.8. The normalized spacial score (nSPS) is 17.8. The van der Waals surface area contributed by atoms with Gasteiger partial charge >= 0.3 is 17.9 Å². The Bertz CT molecular complexity index is 3190. The molecular weight excluding hydrogens is 1260 g/mol. The molecule has 1 aromatic carbocycles. The van der Waals surface area contributed by atoms with Gasteiger partial charge in [-0.1, -0.05) is 50.6 Å². The maximum absolute atomic E-state index is 14.7. The van der Waals surface area contributed by atoms with E-state index in [-0.39, 0.29) is 95.5 Å². The van der Waals surface area contributed by atoms with Crippen molar-refractivity contribution in [3.05, 3.63) is 72.3 Å². The molecule has 2 aromatic heterocycles. The summed E-state index contributed by atoms with van der Waals surface area (Å²) in [5.74, 6) is -14.2. The molecule has 2 saturated heterocycles. The van der Waals surface area contributed by atoms with Crippen LogP contribution in [0, 0.1) is 5.92 Å². The number of aliphatic carboxylic acids is 3. The van der Waals surface area contributed by atoms with Crippen LogP contribution in [-0.2, 0) is 81.6 Å². The second-order valence-corrected chi connectivity index (χ2v) is 23.5. The molecule has 36 heteroatoms. The van der Waals surface area contributed by atoms with Gasteiger partial charge in [-0.2, -0.15) is 0 Å². The average Bonchev–Trinajstić information content (AvgIpc) is 1.60. The molecule has 526 valence electrons. The molecule has 2 aliphatic heterocycles. The molecule has 0 aliphatic carbocycles. The molecule has 4 heterocycles. The summed E-state index contributed by atoms with van der Waals surface area (Å²) >= 11 is 0. The lowest BCUT2D eigenvalue weighted by Crippen LogP contribution is -2.62. The van der Waals surface area contributed by atoms with Crippen LogP contribution in [0.4, 0.5) is 0 Å². The number of amides is 10. The Morgan fingerprint density at radius 3 is 1.57 bits per heavy atom. The van der Waals surface area contributed by atoms with Crippen molar-refractivity contribution < 1.29 is 87.9 Å². The Kier molecular flexibility index (Phi) is 30.1. The lowest BCUT2D eigenvalue weighted by atomic mass is 9.96. The molecule has 0 radical (unpaired) electrons. The molecule has 0 unspecified atom stereocenters. The number of carbonyl (C=O) groups excluding carboxylic acids is 10. The molecule has 21 N–H and O–H groups in total. The van der Waals surface area contributed by atoms with Crippen LogP contribution in [0.2, 0.25) is 0 Å². The highest BCUT2D eigenvalue weighted by Crippen LogP contribution is 2.22. The number of H-pyrrole nitrogens is 2. The number of likely N-dealkylation sites (tertiary alicyclic amines) is 2. The molecule has 2 aliphatic rings. The number of nitrogens with zero attached hydrogens (tertiary/aromatic N) is 5. The number of guanidine groups is 1. The quantitative estimate of drug-likeness (QED) is 0.0144. The summed E-state index contributed by atoms with van der Waals surface area (Å²) in [6.07, 6.45) is 2.23. The number of aliphatic imine (C=N–C) groups is 1. The van der Waals surface area contributed by atoms with Crippen molar-refractivity contribution >= 4 is 82.9 Å². The molecule has 2 fully saturated rings. The van der Waals surface area contributed by atoms with Gasteiger partial charge in [-0.15, -0.1) is 0 Å². The summed E-state index contributed by atoms with van der Waals surface area (Å²) in [6, 6.07) is -8.04. The van der Waals surface area contributed by atoms with Crippen LogP contribution in [0.5, 0.6) is 0 Å². The first-order valence-electron chi connectivity index (χ1n) is 31.4. The van der Waals surface area contributed by atoms with Crippen LogP contribution in [-0.4, -0.2) is 237 Å². The zero-order chi connectivity index (χ0) is 70.8. The number of carboxylic acids is 3. The maximum Gasteiger partial charge on any atom is 0.326 e. The van der Waals surface area contributed by atoms with Crippen LogP contribution in [0.15, 0.2) is 60.4 Å². The third kappa shape index (κ3) is 23.4. The number of aliphatic hydroxyl groups excluding tert-OH is 2. The lowest BCUT2D eigenvalue weighted by Gasteiger charge is -2.32. The van der Waals surface area contributed by atoms with Gasteiger partial charge in [-0.05, 0) is 69.8 Å². The third-order valence-electron chi connectivity index (χ3n) is 16.3. The summed E-state index contributed by atoms with van der Waals surface area (Å²) in [4.78, 5) is 196. The van der Waals surface area contributed by atoms with Crippen molar-refractivity contribution in [1.82, 2.24) is 72.3 Å². The number of aliphatic hydroxyl groups is 2. The van der Waals surface area contributed by atoms with E-state index in [2.05, 4.69) is 67.5 Å². The van der Waals surface area contributed by atoms with Crippen molar-refractivity contribution in [2.24, 2.45) is 28.1 Å². The Hall–Kier alpha value is -10.1. The number of rotatable bonds is 39. The van der Waals surface area contributed by atoms with E-state index in [1.165, 1.54) is 36.9 Å². The Balaban J connectivity index is 1.37. The van der Waals surface area contributed by atoms with E-state index < -0.39 is 181 Å². The molecular formula is C60H88N18O18. The van der Waals surface area contributed by atoms with Gasteiger partial charge in [-0.3, -0.25) is 62.5 Å². The van der Waals surface area contributed by atoms with E-state index in [0.717, 1.165) is 4.90 Å². The third-order valence-corrected chi connectivity index (χ3v) is 16.3. The molecule has 0 spiro atoms. The van der Waals surface area contributed by atoms with Gasteiger partial charge < -0.3 is 105 Å². The Morgan fingerprint density at radius 1 is 0.594 bits per heavy atom. The fraction of sp³-hybridized carbons (Fsp3) is 0.567. The monoisotopic (exact) mass is 1350 g/mol. The number of nitrogens with two attached hydrogens (primary N) is 3. The summed E-state index contributed by atoms with van der Waals surface area (Å²) in [7, 11) is 0. The number of carbonyl (C=O) groups is 13. The predicted molar refractivity (Wildman–Crippen MR) is 337 cm³/mol. The SMILES string of the molecule is CC[C@H](C)[C@H](NC(=O)[C@H](CCCN=C(N)N)NC(=O)[C@H](Cc1cnc[nH]1)NC(=O)[C@H](CO)NC(=O)[C@H](Cc1cnc[nH]1)NC(=O)[C@@H]1CCCN1C(=O)[C@@H](N)CCC(=O)O)C(=O)N[C@@H](Cc1ccccc1)C(=O)N[C@H](C(=O)N1CCC[C@H]1C(=O)N[C@@H](CCC(=O)O)C(=O)O)[C@@H](C)O. The van der Waals surface area contributed by atoms with Crippen molar-refractivity contribution in [1.29, 1.82) is 0 Å². The Labute approximate surface area is 551 Å². The zero-order valence-electron chi connectivity index (χ0n) is 53.4. The van der Waals surface area contributed by atoms with Gasteiger partial charge in [0.15, 0.2) is 5.96 Å². The number of aromatic amines is 2. The minimum Gasteiger partial charge on any atom is -0.481 e. The van der Waals surface area contributed by atoms with Gasteiger partial charge in [0.25, 0.3) is 0 Å². The molecule has 10 amide bonds. The number of benzene rings is 1. The van der Waals surface area contributed by atoms with Crippen molar-refractivity contribution in [3.63, 3.8) is 0 Å². The van der Waals surface area contributed by atoms with Crippen molar-refractivity contribution in [2.75, 3.05) is 26.2 Å². The first kappa shape index (κ1) is 76.6. The molecule has 3 aromatic rings. The highest BCUT2D eigenvalue weighted by atomic mass is 16.4. The van der Waals surface area contributed by atoms with Crippen LogP contribution in [0.25, 0.3) is 0 Å². The topological polar surface area (TPSA) is 574 Å². The van der Waals surface area contributed by atoms with Crippen molar-refractivity contribution in [2.45, 2.75) is 183 Å². The number of hydrogen-bond donors (Lipinski definition) is 18. The highest BCUT2D eigenvalue weighted by Gasteiger charge is 2.43. The second kappa shape index (κ2) is 37.7. The summed E-state index contributed by atoms with van der Waals surface area (Å²) in [6.45, 7) is 3.49. The zero-order valence-corrected chi connectivity index (χ0v) is 53.4. The Morgan fingerprint density at radius 2 is 1.06 bits per heavy atom. The minimum atomic E-state index is -1.80. The molecule has 0 bridgehead atoms. The summed E-state index contributed by atoms with van der Waals surface area (Å²) in [5, 5.41) is 69.9. The van der Waals surface area contributed by atoms with E-state index in [1.54, 1.807) is 44.2 Å². The number of carboxylic acid groups (broad SMARTS) is 3. The van der Waals surface area contributed by atoms with E-state index in [1.807, 2.05) is 0 Å². The maximum atomic E-state index is 14.7. The first-order chi connectivity index (χ1) is 45.6. The van der Waals surface area contributed by atoms with Gasteiger partial charge in [0.1, 0.15) is 60.4 Å². The highest BCUT2D eigenvalue weighted by molar-refractivity contribution is 5.99. The molecule has 5 rings (SSSR count). The standard InChI is InChI=1S/C60H88N18O18/c1-4-31(2)47(56(92)73-39(23-33-11-6-5-7-12-33)52(88)76-48(32(3)80)58(94)78-22-10-15-44(78)54(90)70-38(59(95)96)17-19-46(83)84)75-49(85)37(13-8-20-66-60(62)63)69-50(86)40(24-34-26-64-29-67-34)71-53(89)42(28-79)74-51(87)41(25-35-27-65-30-68-35)72-55(91)43-14-9-21-77(43)57(93)36(61)16-18-45(81)82/h5-7,11-12,26-27,29-32,36-44,47-48,79-80H,4,8-10,13-25,28,61H2,1-3H3,(H,64,67)(H,65,68)(H,69,86)(H,70,90)(H,71,89)(H,72,91)(H,73,92)(H,74,87)(H,75,85)(H,76,88)(H,81,82)(H,83,84)(H,95,96)(H4,62,63,66)/t31-,32+,36-,37-,38-,39-,40-,41-,42-,43-,44-,47-,48-/m0/s1. The fourth-order valence-electron chi connectivity index (χ4n) is 10.8. The van der Waals surface area contributed by atoms with Gasteiger partial charge in [0, 0.05) is 75.5 Å². The first-order valence-corrected chi connectivity index (χ1v) is 31.4.